The Morgan fingerprint density at radius 1 is 0.857 bits per heavy atom. The summed E-state index contributed by atoms with van der Waals surface area (Å²) in [5.74, 6) is 1.53. The van der Waals surface area contributed by atoms with E-state index < -0.39 is 0 Å². The Kier molecular flexibility index (Phi) is 4.13. The van der Waals surface area contributed by atoms with Crippen LogP contribution in [0.5, 0.6) is 0 Å². The second-order valence-corrected chi connectivity index (χ2v) is 8.58. The highest BCUT2D eigenvalue weighted by molar-refractivity contribution is 5.03. The van der Waals surface area contributed by atoms with Crippen molar-refractivity contribution in [2.75, 3.05) is 6.61 Å². The Balaban J connectivity index is 1.75. The second kappa shape index (κ2) is 5.50. The van der Waals surface area contributed by atoms with Gasteiger partial charge in [-0.2, -0.15) is 0 Å². The van der Waals surface area contributed by atoms with Crippen LogP contribution in [0.3, 0.4) is 0 Å². The molecule has 0 amide bonds. The maximum Gasteiger partial charge on any atom is 0.0596 e. The minimum atomic E-state index is -0.225. The number of aliphatic hydroxyl groups is 3. The molecule has 0 saturated heterocycles. The molecule has 3 nitrogen and oxygen atoms in total. The van der Waals surface area contributed by atoms with E-state index in [-0.39, 0.29) is 35.6 Å². The quantitative estimate of drug-likeness (QED) is 0.734. The van der Waals surface area contributed by atoms with Crippen LogP contribution in [-0.2, 0) is 0 Å². The van der Waals surface area contributed by atoms with Crippen LogP contribution < -0.4 is 0 Å². The van der Waals surface area contributed by atoms with Gasteiger partial charge in [0.1, 0.15) is 0 Å². The monoisotopic (exact) mass is 296 g/mol. The molecule has 3 heteroatoms. The number of rotatable bonds is 2. The first-order valence-corrected chi connectivity index (χ1v) is 8.87. The third-order valence-corrected chi connectivity index (χ3v) is 7.74. The lowest BCUT2D eigenvalue weighted by Gasteiger charge is -2.53. The number of hydrogen-bond donors (Lipinski definition) is 3. The van der Waals surface area contributed by atoms with Crippen molar-refractivity contribution < 1.29 is 15.3 Å². The molecule has 3 fully saturated rings. The van der Waals surface area contributed by atoms with Gasteiger partial charge in [-0.3, -0.25) is 0 Å². The Bertz CT molecular complexity index is 385. The minimum Gasteiger partial charge on any atom is -0.396 e. The average Bonchev–Trinajstić information content (AvgIpc) is 2.77. The molecule has 3 N–H and O–H groups in total. The van der Waals surface area contributed by atoms with Gasteiger partial charge in [0.05, 0.1) is 12.2 Å². The first-order chi connectivity index (χ1) is 9.90. The summed E-state index contributed by atoms with van der Waals surface area (Å²) in [6.45, 7) is 4.83. The predicted molar refractivity (Wildman–Crippen MR) is 82.7 cm³/mol. The van der Waals surface area contributed by atoms with Crippen LogP contribution in [0, 0.1) is 28.6 Å². The first-order valence-electron chi connectivity index (χ1n) is 8.87. The highest BCUT2D eigenvalue weighted by atomic mass is 16.3. The van der Waals surface area contributed by atoms with E-state index in [1.54, 1.807) is 0 Å². The van der Waals surface area contributed by atoms with Crippen molar-refractivity contribution in [1.82, 2.24) is 0 Å². The lowest BCUT2D eigenvalue weighted by atomic mass is 9.53. The van der Waals surface area contributed by atoms with E-state index in [2.05, 4.69) is 13.8 Å². The van der Waals surface area contributed by atoms with Crippen molar-refractivity contribution in [2.24, 2.45) is 28.6 Å². The molecule has 0 aliphatic heterocycles. The molecule has 0 bridgehead atoms. The third-order valence-electron chi connectivity index (χ3n) is 7.74. The van der Waals surface area contributed by atoms with Gasteiger partial charge in [-0.05, 0) is 80.0 Å². The number of aliphatic hydroxyl groups excluding tert-OH is 3. The molecule has 3 aliphatic rings. The van der Waals surface area contributed by atoms with Crippen LogP contribution in [0.1, 0.15) is 65.2 Å². The van der Waals surface area contributed by atoms with Crippen molar-refractivity contribution in [1.29, 1.82) is 0 Å². The van der Waals surface area contributed by atoms with Crippen molar-refractivity contribution in [2.45, 2.75) is 77.4 Å². The Labute approximate surface area is 128 Å². The van der Waals surface area contributed by atoms with E-state index in [0.717, 1.165) is 38.5 Å². The Morgan fingerprint density at radius 2 is 1.52 bits per heavy atom. The maximum absolute atomic E-state index is 10.3. The van der Waals surface area contributed by atoms with Gasteiger partial charge in [0, 0.05) is 6.61 Å². The van der Waals surface area contributed by atoms with Crippen molar-refractivity contribution in [3.05, 3.63) is 0 Å². The van der Waals surface area contributed by atoms with E-state index in [0.29, 0.717) is 11.8 Å². The summed E-state index contributed by atoms with van der Waals surface area (Å²) in [5, 5.41) is 30.0. The van der Waals surface area contributed by atoms with Gasteiger partial charge in [-0.25, -0.2) is 0 Å². The molecular formula is C18H32O3. The van der Waals surface area contributed by atoms with Crippen molar-refractivity contribution in [3.8, 4) is 0 Å². The van der Waals surface area contributed by atoms with Crippen LogP contribution in [0.15, 0.2) is 0 Å². The van der Waals surface area contributed by atoms with Gasteiger partial charge in [0.25, 0.3) is 0 Å². The Hall–Kier alpha value is -0.120. The van der Waals surface area contributed by atoms with E-state index in [9.17, 15) is 15.3 Å². The molecule has 3 rings (SSSR count). The number of fused-ring (bicyclic) bond motifs is 1. The molecule has 3 saturated carbocycles. The molecule has 0 aromatic rings. The fraction of sp³-hybridized carbons (Fsp3) is 1.00. The highest BCUT2D eigenvalue weighted by Crippen LogP contribution is 2.59. The molecule has 7 unspecified atom stereocenters. The zero-order valence-electron chi connectivity index (χ0n) is 13.6. The molecule has 0 aromatic carbocycles. The van der Waals surface area contributed by atoms with E-state index in [1.807, 2.05) is 0 Å². The van der Waals surface area contributed by atoms with Crippen LogP contribution in [0.2, 0.25) is 0 Å². The maximum atomic E-state index is 10.3. The van der Waals surface area contributed by atoms with Gasteiger partial charge in [0.15, 0.2) is 0 Å². The zero-order chi connectivity index (χ0) is 15.3. The molecule has 0 heterocycles. The van der Waals surface area contributed by atoms with Crippen LogP contribution in [0.4, 0.5) is 0 Å². The minimum absolute atomic E-state index is 0.113. The van der Waals surface area contributed by atoms with Crippen LogP contribution in [0.25, 0.3) is 0 Å². The molecular weight excluding hydrogens is 264 g/mol. The molecule has 7 atom stereocenters. The molecule has 122 valence electrons. The fourth-order valence-electron chi connectivity index (χ4n) is 5.81. The summed E-state index contributed by atoms with van der Waals surface area (Å²) in [6.07, 6.45) is 7.97. The smallest absolute Gasteiger partial charge is 0.0596 e. The lowest BCUT2D eigenvalue weighted by Crippen LogP contribution is -2.47. The summed E-state index contributed by atoms with van der Waals surface area (Å²) in [5.41, 5.74) is 0.304. The summed E-state index contributed by atoms with van der Waals surface area (Å²) in [7, 11) is 0. The summed E-state index contributed by atoms with van der Waals surface area (Å²) >= 11 is 0. The van der Waals surface area contributed by atoms with Gasteiger partial charge in [0.2, 0.25) is 0 Å². The summed E-state index contributed by atoms with van der Waals surface area (Å²) in [4.78, 5) is 0. The van der Waals surface area contributed by atoms with E-state index in [1.165, 1.54) is 12.8 Å². The largest absolute Gasteiger partial charge is 0.396 e. The normalized spacial score (nSPS) is 54.4. The molecule has 3 aliphatic carbocycles. The van der Waals surface area contributed by atoms with Crippen molar-refractivity contribution in [3.63, 3.8) is 0 Å². The van der Waals surface area contributed by atoms with Crippen LogP contribution >= 0.6 is 0 Å². The van der Waals surface area contributed by atoms with Gasteiger partial charge >= 0.3 is 0 Å². The number of hydrogen-bond acceptors (Lipinski definition) is 3. The average molecular weight is 296 g/mol. The topological polar surface area (TPSA) is 60.7 Å². The highest BCUT2D eigenvalue weighted by Gasteiger charge is 2.53. The first kappa shape index (κ1) is 15.8. The van der Waals surface area contributed by atoms with Gasteiger partial charge in [-0.1, -0.05) is 13.8 Å². The third kappa shape index (κ3) is 2.46. The summed E-state index contributed by atoms with van der Waals surface area (Å²) < 4.78 is 0. The Morgan fingerprint density at radius 3 is 2.24 bits per heavy atom. The fourth-order valence-corrected chi connectivity index (χ4v) is 5.81. The molecule has 0 radical (unpaired) electrons. The summed E-state index contributed by atoms with van der Waals surface area (Å²) in [6, 6.07) is 0. The molecule has 21 heavy (non-hydrogen) atoms. The van der Waals surface area contributed by atoms with Gasteiger partial charge in [-0.15, -0.1) is 0 Å². The lowest BCUT2D eigenvalue weighted by molar-refractivity contribution is -0.0818. The molecule has 0 spiro atoms. The van der Waals surface area contributed by atoms with E-state index >= 15 is 0 Å². The van der Waals surface area contributed by atoms with Crippen LogP contribution in [-0.4, -0.2) is 34.1 Å². The SMILES string of the molecule is CC12CCC(C3(C)CCC(O)CC3CO)CC1CCC2O. The van der Waals surface area contributed by atoms with E-state index in [4.69, 9.17) is 0 Å². The van der Waals surface area contributed by atoms with Gasteiger partial charge < -0.3 is 15.3 Å². The molecule has 0 aromatic heterocycles. The standard InChI is InChI=1S/C18H32O3/c1-17(8-6-15(20)10-14(17)11-19)13-5-7-18(2)12(9-13)3-4-16(18)21/h12-16,19-21H,3-11H2,1-2H3. The zero-order valence-corrected chi connectivity index (χ0v) is 13.6. The predicted octanol–water partition coefficient (Wildman–Crippen LogP) is 2.72. The van der Waals surface area contributed by atoms with Crippen molar-refractivity contribution >= 4 is 0 Å². The second-order valence-electron chi connectivity index (χ2n) is 8.58.